The lowest BCUT2D eigenvalue weighted by molar-refractivity contribution is -0.116. The molecule has 0 heterocycles. The summed E-state index contributed by atoms with van der Waals surface area (Å²) in [5.41, 5.74) is 6.95. The van der Waals surface area contributed by atoms with E-state index in [1.165, 1.54) is 0 Å². The van der Waals surface area contributed by atoms with Crippen molar-refractivity contribution in [3.05, 3.63) is 29.8 Å². The molecule has 4 nitrogen and oxygen atoms in total. The fraction of sp³-hybridized carbons (Fsp3) is 0.462. The van der Waals surface area contributed by atoms with Crippen LogP contribution < -0.4 is 10.6 Å². The number of carbonyl (C=O) groups excluding carboxylic acids is 1. The lowest BCUT2D eigenvalue weighted by atomic mass is 10.0. The topological polar surface area (TPSA) is 66.6 Å². The summed E-state index contributed by atoms with van der Waals surface area (Å²) >= 11 is 0. The van der Waals surface area contributed by atoms with Crippen molar-refractivity contribution in [2.45, 2.75) is 26.4 Å². The number of benzene rings is 1. The zero-order valence-corrected chi connectivity index (χ0v) is 10.4. The Hall–Kier alpha value is -1.55. The average Bonchev–Trinajstić information content (AvgIpc) is 2.34. The first-order chi connectivity index (χ1) is 8.10. The van der Waals surface area contributed by atoms with E-state index in [0.717, 1.165) is 11.3 Å². The predicted octanol–water partition coefficient (Wildman–Crippen LogP) is 1.44. The number of hydrogen-bond acceptors (Lipinski definition) is 3. The standard InChI is InChI=1S/C13H20N2O2/c1-3-12(16)10-7-5-6-8-11(10)15(4-2)9-13(14)17/h5-8,12,16H,3-4,9H2,1-2H3,(H2,14,17)/t12-/m0/s1. The van der Waals surface area contributed by atoms with Crippen LogP contribution in [0.2, 0.25) is 0 Å². The van der Waals surface area contributed by atoms with E-state index < -0.39 is 6.10 Å². The molecule has 0 aliphatic rings. The molecule has 0 saturated heterocycles. The number of hydrogen-bond donors (Lipinski definition) is 2. The second kappa shape index (κ2) is 6.25. The van der Waals surface area contributed by atoms with Gasteiger partial charge in [0.25, 0.3) is 0 Å². The number of rotatable bonds is 6. The van der Waals surface area contributed by atoms with Gasteiger partial charge in [0.15, 0.2) is 0 Å². The highest BCUT2D eigenvalue weighted by Crippen LogP contribution is 2.27. The normalized spacial score (nSPS) is 12.2. The number of carbonyl (C=O) groups is 1. The van der Waals surface area contributed by atoms with E-state index in [0.29, 0.717) is 13.0 Å². The highest BCUT2D eigenvalue weighted by Gasteiger charge is 2.15. The smallest absolute Gasteiger partial charge is 0.236 e. The molecule has 3 N–H and O–H groups in total. The molecule has 17 heavy (non-hydrogen) atoms. The Morgan fingerprint density at radius 3 is 2.59 bits per heavy atom. The number of para-hydroxylation sites is 1. The summed E-state index contributed by atoms with van der Waals surface area (Å²) < 4.78 is 0. The van der Waals surface area contributed by atoms with E-state index in [9.17, 15) is 9.90 Å². The van der Waals surface area contributed by atoms with Crippen LogP contribution in [0.25, 0.3) is 0 Å². The number of aliphatic hydroxyl groups is 1. The first-order valence-corrected chi connectivity index (χ1v) is 5.90. The molecule has 0 aliphatic carbocycles. The van der Waals surface area contributed by atoms with E-state index in [1.807, 2.05) is 43.0 Å². The Labute approximate surface area is 102 Å². The summed E-state index contributed by atoms with van der Waals surface area (Å²) in [4.78, 5) is 12.9. The van der Waals surface area contributed by atoms with E-state index in [4.69, 9.17) is 5.73 Å². The van der Waals surface area contributed by atoms with E-state index in [1.54, 1.807) is 0 Å². The number of aliphatic hydroxyl groups excluding tert-OH is 1. The monoisotopic (exact) mass is 236 g/mol. The van der Waals surface area contributed by atoms with Crippen molar-refractivity contribution in [3.63, 3.8) is 0 Å². The van der Waals surface area contributed by atoms with Crippen LogP contribution in [0.1, 0.15) is 31.9 Å². The van der Waals surface area contributed by atoms with E-state index in [-0.39, 0.29) is 12.5 Å². The van der Waals surface area contributed by atoms with Gasteiger partial charge >= 0.3 is 0 Å². The number of anilines is 1. The summed E-state index contributed by atoms with van der Waals surface area (Å²) in [6, 6.07) is 7.56. The maximum atomic E-state index is 11.0. The Balaban J connectivity index is 3.05. The van der Waals surface area contributed by atoms with Crippen LogP contribution in [-0.4, -0.2) is 24.1 Å². The molecule has 4 heteroatoms. The van der Waals surface area contributed by atoms with Crippen LogP contribution in [0, 0.1) is 0 Å². The summed E-state index contributed by atoms with van der Waals surface area (Å²) in [5.74, 6) is -0.368. The molecule has 1 rings (SSSR count). The Morgan fingerprint density at radius 2 is 2.06 bits per heavy atom. The van der Waals surface area contributed by atoms with Gasteiger partial charge in [-0.2, -0.15) is 0 Å². The third-order valence-corrected chi connectivity index (χ3v) is 2.75. The van der Waals surface area contributed by atoms with Crippen molar-refractivity contribution < 1.29 is 9.90 Å². The Bertz CT molecular complexity index is 379. The number of nitrogens with zero attached hydrogens (tertiary/aromatic N) is 1. The zero-order valence-electron chi connectivity index (χ0n) is 10.4. The average molecular weight is 236 g/mol. The fourth-order valence-corrected chi connectivity index (χ4v) is 1.83. The molecule has 0 aromatic heterocycles. The van der Waals surface area contributed by atoms with Gasteiger partial charge in [0.1, 0.15) is 0 Å². The summed E-state index contributed by atoms with van der Waals surface area (Å²) in [7, 11) is 0. The van der Waals surface area contributed by atoms with Gasteiger partial charge in [-0.3, -0.25) is 4.79 Å². The van der Waals surface area contributed by atoms with Crippen molar-refractivity contribution in [1.29, 1.82) is 0 Å². The quantitative estimate of drug-likeness (QED) is 0.785. The second-order valence-corrected chi connectivity index (χ2v) is 3.96. The van der Waals surface area contributed by atoms with Crippen molar-refractivity contribution in [3.8, 4) is 0 Å². The van der Waals surface area contributed by atoms with Crippen LogP contribution in [-0.2, 0) is 4.79 Å². The molecule has 0 fully saturated rings. The lowest BCUT2D eigenvalue weighted by Crippen LogP contribution is -2.34. The maximum absolute atomic E-state index is 11.0. The van der Waals surface area contributed by atoms with Crippen LogP contribution in [0.15, 0.2) is 24.3 Å². The van der Waals surface area contributed by atoms with Crippen molar-refractivity contribution >= 4 is 11.6 Å². The first kappa shape index (κ1) is 13.5. The third kappa shape index (κ3) is 3.46. The molecular weight excluding hydrogens is 216 g/mol. The molecular formula is C13H20N2O2. The van der Waals surface area contributed by atoms with Crippen LogP contribution in [0.3, 0.4) is 0 Å². The Kier molecular flexibility index (Phi) is 4.97. The SMILES string of the molecule is CC[C@H](O)c1ccccc1N(CC)CC(N)=O. The van der Waals surface area contributed by atoms with Gasteiger partial charge in [-0.1, -0.05) is 25.1 Å². The molecule has 1 amide bonds. The highest BCUT2D eigenvalue weighted by molar-refractivity contribution is 5.80. The third-order valence-electron chi connectivity index (χ3n) is 2.75. The number of primary amides is 1. The molecule has 0 unspecified atom stereocenters. The summed E-state index contributed by atoms with van der Waals surface area (Å²) in [5, 5.41) is 9.95. The van der Waals surface area contributed by atoms with Gasteiger partial charge in [-0.25, -0.2) is 0 Å². The summed E-state index contributed by atoms with van der Waals surface area (Å²) in [6.45, 7) is 4.73. The van der Waals surface area contributed by atoms with Gasteiger partial charge in [-0.15, -0.1) is 0 Å². The highest BCUT2D eigenvalue weighted by atomic mass is 16.3. The van der Waals surface area contributed by atoms with Gasteiger partial charge in [0.2, 0.25) is 5.91 Å². The fourth-order valence-electron chi connectivity index (χ4n) is 1.83. The molecule has 0 aliphatic heterocycles. The second-order valence-electron chi connectivity index (χ2n) is 3.96. The molecule has 1 atom stereocenters. The van der Waals surface area contributed by atoms with Crippen molar-refractivity contribution in [2.24, 2.45) is 5.73 Å². The van der Waals surface area contributed by atoms with Crippen molar-refractivity contribution in [1.82, 2.24) is 0 Å². The number of nitrogens with two attached hydrogens (primary N) is 1. The van der Waals surface area contributed by atoms with Crippen molar-refractivity contribution in [2.75, 3.05) is 18.0 Å². The van der Waals surface area contributed by atoms with Gasteiger partial charge in [0.05, 0.1) is 12.6 Å². The van der Waals surface area contributed by atoms with Gasteiger partial charge < -0.3 is 15.7 Å². The summed E-state index contributed by atoms with van der Waals surface area (Å²) in [6.07, 6.45) is 0.138. The van der Waals surface area contributed by atoms with Crippen LogP contribution >= 0.6 is 0 Å². The number of amides is 1. The van der Waals surface area contributed by atoms with Crippen LogP contribution in [0.5, 0.6) is 0 Å². The molecule has 0 bridgehead atoms. The Morgan fingerprint density at radius 1 is 1.41 bits per heavy atom. The number of likely N-dealkylation sites (N-methyl/N-ethyl adjacent to an activating group) is 1. The maximum Gasteiger partial charge on any atom is 0.236 e. The minimum atomic E-state index is -0.506. The minimum absolute atomic E-state index is 0.171. The molecule has 0 radical (unpaired) electrons. The van der Waals surface area contributed by atoms with Crippen LogP contribution in [0.4, 0.5) is 5.69 Å². The lowest BCUT2D eigenvalue weighted by Gasteiger charge is -2.25. The largest absolute Gasteiger partial charge is 0.388 e. The van der Waals surface area contributed by atoms with E-state index in [2.05, 4.69) is 0 Å². The molecule has 1 aromatic carbocycles. The minimum Gasteiger partial charge on any atom is -0.388 e. The molecule has 0 saturated carbocycles. The van der Waals surface area contributed by atoms with Gasteiger partial charge in [0, 0.05) is 17.8 Å². The first-order valence-electron chi connectivity index (χ1n) is 5.90. The molecule has 1 aromatic rings. The van der Waals surface area contributed by atoms with E-state index >= 15 is 0 Å². The zero-order chi connectivity index (χ0) is 12.8. The van der Waals surface area contributed by atoms with Gasteiger partial charge in [-0.05, 0) is 19.4 Å². The molecule has 94 valence electrons. The predicted molar refractivity (Wildman–Crippen MR) is 68.8 cm³/mol. The molecule has 0 spiro atoms.